The van der Waals surface area contributed by atoms with Crippen LogP contribution >= 0.6 is 27.5 Å². The van der Waals surface area contributed by atoms with E-state index in [1.54, 1.807) is 18.2 Å². The zero-order valence-electron chi connectivity index (χ0n) is 7.25. The Balaban J connectivity index is 2.75. The van der Waals surface area contributed by atoms with Crippen LogP contribution in [0.4, 0.5) is 0 Å². The Labute approximate surface area is 96.8 Å². The summed E-state index contributed by atoms with van der Waals surface area (Å²) in [6.45, 7) is 0. The highest BCUT2D eigenvalue weighted by atomic mass is 79.9. The van der Waals surface area contributed by atoms with Gasteiger partial charge in [0.25, 0.3) is 0 Å². The normalized spacial score (nSPS) is 10.5. The first-order chi connectivity index (χ1) is 7.09. The van der Waals surface area contributed by atoms with Gasteiger partial charge in [-0.05, 0) is 34.1 Å². The van der Waals surface area contributed by atoms with E-state index in [1.165, 1.54) is 0 Å². The monoisotopic (exact) mass is 289 g/mol. The molecule has 2 rings (SSSR count). The Morgan fingerprint density at radius 1 is 1.20 bits per heavy atom. The predicted octanol–water partition coefficient (Wildman–Crippen LogP) is 1.27. The van der Waals surface area contributed by atoms with Gasteiger partial charge in [-0.1, -0.05) is 11.6 Å². The smallest absolute Gasteiger partial charge is 0.247 e. The summed E-state index contributed by atoms with van der Waals surface area (Å²) in [7, 11) is 0. The molecule has 0 aliphatic heterocycles. The van der Waals surface area contributed by atoms with Crippen LogP contribution in [0.3, 0.4) is 0 Å². The molecule has 0 spiro atoms. The lowest BCUT2D eigenvalue weighted by Crippen LogP contribution is -2.24. The second-order valence-electron chi connectivity index (χ2n) is 2.79. The van der Waals surface area contributed by atoms with Crippen LogP contribution in [0.2, 0.25) is 5.02 Å². The molecule has 2 N–H and O–H groups in total. The molecule has 78 valence electrons. The van der Waals surface area contributed by atoms with Crippen molar-refractivity contribution < 1.29 is 0 Å². The summed E-state index contributed by atoms with van der Waals surface area (Å²) in [4.78, 5) is 22.6. The Bertz CT molecular complexity index is 585. The molecule has 0 radical (unpaired) electrons. The van der Waals surface area contributed by atoms with Crippen LogP contribution in [0.5, 0.6) is 0 Å². The number of nitrogens with zero attached hydrogens (tertiary/aromatic N) is 1. The average Bonchev–Trinajstić information content (AvgIpc) is 2.48. The van der Waals surface area contributed by atoms with Crippen molar-refractivity contribution in [3.05, 3.63) is 48.7 Å². The van der Waals surface area contributed by atoms with Gasteiger partial charge in [0.1, 0.15) is 0 Å². The van der Waals surface area contributed by atoms with Crippen LogP contribution in [0.15, 0.2) is 32.3 Å². The van der Waals surface area contributed by atoms with Crippen LogP contribution in [-0.4, -0.2) is 14.8 Å². The summed E-state index contributed by atoms with van der Waals surface area (Å²) >= 11 is 8.97. The summed E-state index contributed by atoms with van der Waals surface area (Å²) < 4.78 is 1.54. The second kappa shape index (κ2) is 3.71. The lowest BCUT2D eigenvalue weighted by atomic mass is 10.3. The topological polar surface area (TPSA) is 70.7 Å². The third-order valence-electron chi connectivity index (χ3n) is 1.83. The molecule has 0 saturated heterocycles. The summed E-state index contributed by atoms with van der Waals surface area (Å²) in [5.41, 5.74) is -0.613. The number of H-pyrrole nitrogens is 2. The fourth-order valence-electron chi connectivity index (χ4n) is 1.19. The van der Waals surface area contributed by atoms with E-state index < -0.39 is 11.4 Å². The molecule has 15 heavy (non-hydrogen) atoms. The molecule has 0 aliphatic carbocycles. The van der Waals surface area contributed by atoms with Crippen molar-refractivity contribution in [2.45, 2.75) is 0 Å². The van der Waals surface area contributed by atoms with E-state index in [0.717, 1.165) is 4.57 Å². The number of hydrogen-bond donors (Lipinski definition) is 2. The van der Waals surface area contributed by atoms with Crippen molar-refractivity contribution in [1.29, 1.82) is 0 Å². The van der Waals surface area contributed by atoms with Crippen molar-refractivity contribution in [2.75, 3.05) is 0 Å². The standard InChI is InChI=1S/C8H5BrClN3O2/c9-5-3-4(10)1-2-6(5)13-7(14)11-12-8(13)15/h1-3H,(H,11,14)(H,12,15). The lowest BCUT2D eigenvalue weighted by molar-refractivity contribution is 0.946. The van der Waals surface area contributed by atoms with E-state index in [9.17, 15) is 9.59 Å². The summed E-state index contributed by atoms with van der Waals surface area (Å²) in [5, 5.41) is 4.91. The molecule has 0 fully saturated rings. The van der Waals surface area contributed by atoms with E-state index in [4.69, 9.17) is 11.6 Å². The number of aromatic nitrogens is 3. The van der Waals surface area contributed by atoms with Crippen molar-refractivity contribution >= 4 is 27.5 Å². The zero-order chi connectivity index (χ0) is 11.0. The minimum absolute atomic E-state index is 0.437. The van der Waals surface area contributed by atoms with Gasteiger partial charge in [-0.2, -0.15) is 0 Å². The van der Waals surface area contributed by atoms with E-state index in [1.807, 2.05) is 0 Å². The Morgan fingerprint density at radius 2 is 1.80 bits per heavy atom. The van der Waals surface area contributed by atoms with Crippen molar-refractivity contribution in [1.82, 2.24) is 14.8 Å². The summed E-state index contributed by atoms with van der Waals surface area (Å²) in [6, 6.07) is 4.78. The van der Waals surface area contributed by atoms with E-state index in [-0.39, 0.29) is 0 Å². The minimum Gasteiger partial charge on any atom is -0.247 e. The highest BCUT2D eigenvalue weighted by Crippen LogP contribution is 2.22. The number of benzene rings is 1. The predicted molar refractivity (Wildman–Crippen MR) is 59.7 cm³/mol. The van der Waals surface area contributed by atoms with Crippen LogP contribution in [0, 0.1) is 0 Å². The third-order valence-corrected chi connectivity index (χ3v) is 2.70. The molecule has 1 aromatic carbocycles. The van der Waals surface area contributed by atoms with Crippen LogP contribution in [0.1, 0.15) is 0 Å². The first-order valence-corrected chi connectivity index (χ1v) is 5.12. The van der Waals surface area contributed by atoms with Gasteiger partial charge >= 0.3 is 11.4 Å². The van der Waals surface area contributed by atoms with E-state index >= 15 is 0 Å². The van der Waals surface area contributed by atoms with Gasteiger partial charge in [0.2, 0.25) is 0 Å². The number of nitrogens with one attached hydrogen (secondary N) is 2. The van der Waals surface area contributed by atoms with Crippen molar-refractivity contribution in [2.24, 2.45) is 0 Å². The SMILES string of the molecule is O=c1[nH][nH]c(=O)n1-c1ccc(Cl)cc1Br. The molecule has 1 heterocycles. The van der Waals surface area contributed by atoms with Gasteiger partial charge in [-0.3, -0.25) is 0 Å². The van der Waals surface area contributed by atoms with Crippen LogP contribution in [-0.2, 0) is 0 Å². The minimum atomic E-state index is -0.525. The van der Waals surface area contributed by atoms with Crippen molar-refractivity contribution in [3.8, 4) is 5.69 Å². The highest BCUT2D eigenvalue weighted by molar-refractivity contribution is 9.10. The van der Waals surface area contributed by atoms with E-state index in [2.05, 4.69) is 26.1 Å². The molecule has 5 nitrogen and oxygen atoms in total. The zero-order valence-corrected chi connectivity index (χ0v) is 9.59. The fraction of sp³-hybridized carbons (Fsp3) is 0. The molecule has 0 unspecified atom stereocenters. The quantitative estimate of drug-likeness (QED) is 0.830. The average molecular weight is 291 g/mol. The number of aromatic amines is 2. The molecule has 0 bridgehead atoms. The molecule has 0 saturated carbocycles. The summed E-state index contributed by atoms with van der Waals surface area (Å²) in [6.07, 6.45) is 0. The Morgan fingerprint density at radius 3 is 2.33 bits per heavy atom. The van der Waals surface area contributed by atoms with Crippen LogP contribution in [0.25, 0.3) is 5.69 Å². The molecule has 2 aromatic rings. The maximum absolute atomic E-state index is 11.3. The molecular weight excluding hydrogens is 285 g/mol. The molecule has 1 aromatic heterocycles. The van der Waals surface area contributed by atoms with E-state index in [0.29, 0.717) is 15.2 Å². The molecule has 0 aliphatic rings. The second-order valence-corrected chi connectivity index (χ2v) is 4.08. The van der Waals surface area contributed by atoms with Crippen molar-refractivity contribution in [3.63, 3.8) is 0 Å². The number of hydrogen-bond acceptors (Lipinski definition) is 2. The first kappa shape index (κ1) is 10.3. The van der Waals surface area contributed by atoms with Gasteiger partial charge < -0.3 is 0 Å². The third kappa shape index (κ3) is 1.78. The van der Waals surface area contributed by atoms with Gasteiger partial charge in [-0.15, -0.1) is 0 Å². The fourth-order valence-corrected chi connectivity index (χ4v) is 2.05. The first-order valence-electron chi connectivity index (χ1n) is 3.95. The highest BCUT2D eigenvalue weighted by Gasteiger charge is 2.09. The maximum Gasteiger partial charge on any atom is 0.349 e. The van der Waals surface area contributed by atoms with Crippen LogP contribution < -0.4 is 11.4 Å². The maximum atomic E-state index is 11.3. The Kier molecular flexibility index (Phi) is 2.54. The number of halogens is 2. The molecular formula is C8H5BrClN3O2. The molecule has 0 atom stereocenters. The lowest BCUT2D eigenvalue weighted by Gasteiger charge is -2.02. The van der Waals surface area contributed by atoms with Gasteiger partial charge in [-0.25, -0.2) is 24.4 Å². The van der Waals surface area contributed by atoms with Gasteiger partial charge in [0, 0.05) is 9.50 Å². The van der Waals surface area contributed by atoms with Gasteiger partial charge in [0.15, 0.2) is 0 Å². The number of rotatable bonds is 1. The molecule has 7 heteroatoms. The van der Waals surface area contributed by atoms with Gasteiger partial charge in [0.05, 0.1) is 5.69 Å². The largest absolute Gasteiger partial charge is 0.349 e. The molecule has 0 amide bonds. The summed E-state index contributed by atoms with van der Waals surface area (Å²) in [5.74, 6) is 0. The Hall–Kier alpha value is -1.27.